The molecule has 5 nitrogen and oxygen atoms in total. The number of hydrogen-bond donors (Lipinski definition) is 3. The van der Waals surface area contributed by atoms with Crippen molar-refractivity contribution in [2.45, 2.75) is 45.1 Å². The number of carbonyl (C=O) groups excluding carboxylic acids is 1. The Kier molecular flexibility index (Phi) is 5.97. The lowest BCUT2D eigenvalue weighted by Gasteiger charge is -2.13. The molecule has 3 N–H and O–H groups in total. The summed E-state index contributed by atoms with van der Waals surface area (Å²) >= 11 is 0. The van der Waals surface area contributed by atoms with Gasteiger partial charge in [-0.25, -0.2) is 0 Å². The first kappa shape index (κ1) is 14.0. The molecule has 1 saturated carbocycles. The van der Waals surface area contributed by atoms with E-state index in [1.165, 1.54) is 12.8 Å². The lowest BCUT2D eigenvalue weighted by molar-refractivity contribution is -0.138. The minimum atomic E-state index is -0.823. The second-order valence-electron chi connectivity index (χ2n) is 4.87. The Morgan fingerprint density at radius 2 is 2.00 bits per heavy atom. The van der Waals surface area contributed by atoms with Crippen LogP contribution in [0.4, 0.5) is 0 Å². The maximum atomic E-state index is 11.5. The molecule has 0 heterocycles. The maximum Gasteiger partial charge on any atom is 0.303 e. The minimum Gasteiger partial charge on any atom is -0.481 e. The molecule has 0 spiro atoms. The molecule has 1 aliphatic carbocycles. The summed E-state index contributed by atoms with van der Waals surface area (Å²) in [5.74, 6) is -0.895. The van der Waals surface area contributed by atoms with Crippen LogP contribution in [0.1, 0.15) is 39.0 Å². The summed E-state index contributed by atoms with van der Waals surface area (Å²) in [5.41, 5.74) is 0. The third kappa shape index (κ3) is 6.26. The van der Waals surface area contributed by atoms with Crippen molar-refractivity contribution in [3.63, 3.8) is 0 Å². The van der Waals surface area contributed by atoms with E-state index in [1.54, 1.807) is 0 Å². The summed E-state index contributed by atoms with van der Waals surface area (Å²) in [7, 11) is 0. The first-order chi connectivity index (χ1) is 8.08. The zero-order valence-corrected chi connectivity index (χ0v) is 10.4. The number of nitrogens with one attached hydrogen (secondary N) is 2. The number of aliphatic carboxylic acids is 1. The SMILES string of the molecule is CC(CNC(=O)CNC1CCCC1)CC(=O)O. The molecule has 0 aromatic carbocycles. The van der Waals surface area contributed by atoms with Gasteiger partial charge in [0, 0.05) is 19.0 Å². The lowest BCUT2D eigenvalue weighted by atomic mass is 10.1. The van der Waals surface area contributed by atoms with E-state index >= 15 is 0 Å². The maximum absolute atomic E-state index is 11.5. The topological polar surface area (TPSA) is 78.4 Å². The van der Waals surface area contributed by atoms with Crippen LogP contribution in [0.25, 0.3) is 0 Å². The van der Waals surface area contributed by atoms with Crippen LogP contribution in [0.3, 0.4) is 0 Å². The number of carboxylic acid groups (broad SMARTS) is 1. The van der Waals surface area contributed by atoms with E-state index in [0.29, 0.717) is 19.1 Å². The van der Waals surface area contributed by atoms with Crippen LogP contribution in [-0.4, -0.2) is 36.1 Å². The number of carbonyl (C=O) groups is 2. The van der Waals surface area contributed by atoms with Crippen LogP contribution in [0, 0.1) is 5.92 Å². The molecular formula is C12H22N2O3. The Bertz CT molecular complexity index is 262. The number of carboxylic acids is 1. The van der Waals surface area contributed by atoms with Crippen LogP contribution in [0.15, 0.2) is 0 Å². The molecule has 0 bridgehead atoms. The van der Waals surface area contributed by atoms with Gasteiger partial charge in [0.2, 0.25) is 5.91 Å². The van der Waals surface area contributed by atoms with Crippen molar-refractivity contribution in [1.29, 1.82) is 0 Å². The van der Waals surface area contributed by atoms with Crippen molar-refractivity contribution < 1.29 is 14.7 Å². The van der Waals surface area contributed by atoms with E-state index in [0.717, 1.165) is 12.8 Å². The predicted molar refractivity (Wildman–Crippen MR) is 64.7 cm³/mol. The third-order valence-corrected chi connectivity index (χ3v) is 3.08. The smallest absolute Gasteiger partial charge is 0.303 e. The zero-order chi connectivity index (χ0) is 12.7. The van der Waals surface area contributed by atoms with Crippen molar-refractivity contribution in [3.8, 4) is 0 Å². The van der Waals surface area contributed by atoms with Crippen LogP contribution in [0.2, 0.25) is 0 Å². The lowest BCUT2D eigenvalue weighted by Crippen LogP contribution is -2.39. The molecule has 1 atom stereocenters. The van der Waals surface area contributed by atoms with E-state index in [9.17, 15) is 9.59 Å². The quantitative estimate of drug-likeness (QED) is 0.615. The molecule has 0 aromatic rings. The number of amides is 1. The van der Waals surface area contributed by atoms with Gasteiger partial charge in [0.25, 0.3) is 0 Å². The molecule has 17 heavy (non-hydrogen) atoms. The van der Waals surface area contributed by atoms with Gasteiger partial charge in [-0.15, -0.1) is 0 Å². The Hall–Kier alpha value is -1.10. The van der Waals surface area contributed by atoms with Crippen molar-refractivity contribution in [3.05, 3.63) is 0 Å². The highest BCUT2D eigenvalue weighted by Gasteiger charge is 2.15. The molecule has 0 radical (unpaired) electrons. The highest BCUT2D eigenvalue weighted by molar-refractivity contribution is 5.78. The Labute approximate surface area is 102 Å². The van der Waals surface area contributed by atoms with Crippen molar-refractivity contribution in [2.75, 3.05) is 13.1 Å². The predicted octanol–water partition coefficient (Wildman–Crippen LogP) is 0.746. The van der Waals surface area contributed by atoms with E-state index in [2.05, 4.69) is 10.6 Å². The molecule has 5 heteroatoms. The van der Waals surface area contributed by atoms with Gasteiger partial charge in [0.05, 0.1) is 6.54 Å². The average molecular weight is 242 g/mol. The third-order valence-electron chi connectivity index (χ3n) is 3.08. The molecule has 0 aliphatic heterocycles. The fourth-order valence-corrected chi connectivity index (χ4v) is 2.09. The molecular weight excluding hydrogens is 220 g/mol. The Morgan fingerprint density at radius 1 is 1.35 bits per heavy atom. The zero-order valence-electron chi connectivity index (χ0n) is 10.4. The van der Waals surface area contributed by atoms with Gasteiger partial charge >= 0.3 is 5.97 Å². The second kappa shape index (κ2) is 7.27. The van der Waals surface area contributed by atoms with Crippen molar-refractivity contribution in [2.24, 2.45) is 5.92 Å². The second-order valence-corrected chi connectivity index (χ2v) is 4.87. The molecule has 1 amide bonds. The van der Waals surface area contributed by atoms with Gasteiger partial charge in [-0.2, -0.15) is 0 Å². The van der Waals surface area contributed by atoms with Gasteiger partial charge in [-0.05, 0) is 18.8 Å². The van der Waals surface area contributed by atoms with Crippen molar-refractivity contribution >= 4 is 11.9 Å². The summed E-state index contributed by atoms with van der Waals surface area (Å²) < 4.78 is 0. The minimum absolute atomic E-state index is 0.0251. The van der Waals surface area contributed by atoms with E-state index < -0.39 is 5.97 Å². The number of rotatable bonds is 7. The summed E-state index contributed by atoms with van der Waals surface area (Å²) in [6.07, 6.45) is 4.89. The van der Waals surface area contributed by atoms with Gasteiger partial charge in [-0.1, -0.05) is 19.8 Å². The summed E-state index contributed by atoms with van der Waals surface area (Å²) in [4.78, 5) is 21.9. The Morgan fingerprint density at radius 3 is 2.59 bits per heavy atom. The molecule has 98 valence electrons. The van der Waals surface area contributed by atoms with E-state index in [-0.39, 0.29) is 18.2 Å². The molecule has 0 aromatic heterocycles. The normalized spacial score (nSPS) is 17.9. The number of hydrogen-bond acceptors (Lipinski definition) is 3. The van der Waals surface area contributed by atoms with Crippen LogP contribution in [0.5, 0.6) is 0 Å². The largest absolute Gasteiger partial charge is 0.481 e. The molecule has 1 unspecified atom stereocenters. The van der Waals surface area contributed by atoms with Crippen LogP contribution < -0.4 is 10.6 Å². The molecule has 1 fully saturated rings. The fraction of sp³-hybridized carbons (Fsp3) is 0.833. The van der Waals surface area contributed by atoms with Gasteiger partial charge in [0.1, 0.15) is 0 Å². The van der Waals surface area contributed by atoms with Gasteiger partial charge in [-0.3, -0.25) is 9.59 Å². The average Bonchev–Trinajstić information content (AvgIpc) is 2.75. The summed E-state index contributed by atoms with van der Waals surface area (Å²) in [5, 5.41) is 14.5. The van der Waals surface area contributed by atoms with Gasteiger partial charge in [0.15, 0.2) is 0 Å². The van der Waals surface area contributed by atoms with Gasteiger partial charge < -0.3 is 15.7 Å². The molecule has 0 saturated heterocycles. The standard InChI is InChI=1S/C12H22N2O3/c1-9(6-12(16)17)7-14-11(15)8-13-10-4-2-3-5-10/h9-10,13H,2-8H2,1H3,(H,14,15)(H,16,17). The van der Waals surface area contributed by atoms with Crippen LogP contribution >= 0.6 is 0 Å². The summed E-state index contributed by atoms with van der Waals surface area (Å²) in [6, 6.07) is 0.484. The van der Waals surface area contributed by atoms with Crippen LogP contribution in [-0.2, 0) is 9.59 Å². The fourth-order valence-electron chi connectivity index (χ4n) is 2.09. The summed E-state index contributed by atoms with van der Waals surface area (Å²) in [6.45, 7) is 2.58. The highest BCUT2D eigenvalue weighted by atomic mass is 16.4. The van der Waals surface area contributed by atoms with E-state index in [1.807, 2.05) is 6.92 Å². The first-order valence-electron chi connectivity index (χ1n) is 6.30. The van der Waals surface area contributed by atoms with Crippen molar-refractivity contribution in [1.82, 2.24) is 10.6 Å². The molecule has 1 aliphatic rings. The molecule has 1 rings (SSSR count). The highest BCUT2D eigenvalue weighted by Crippen LogP contribution is 2.17. The monoisotopic (exact) mass is 242 g/mol. The van der Waals surface area contributed by atoms with E-state index in [4.69, 9.17) is 5.11 Å². The Balaban J connectivity index is 2.05. The first-order valence-corrected chi connectivity index (χ1v) is 6.30.